The molecule has 164 valence electrons. The lowest BCUT2D eigenvalue weighted by atomic mass is 10.1. The maximum atomic E-state index is 12.4. The average molecular weight is 452 g/mol. The molecule has 9 nitrogen and oxygen atoms in total. The Balaban J connectivity index is 1.45. The fourth-order valence-electron chi connectivity index (χ4n) is 2.64. The number of benzene rings is 2. The summed E-state index contributed by atoms with van der Waals surface area (Å²) < 4.78 is 9.62. The van der Waals surface area contributed by atoms with Crippen LogP contribution in [0.1, 0.15) is 32.0 Å². The summed E-state index contributed by atoms with van der Waals surface area (Å²) in [5, 5.41) is 5.38. The summed E-state index contributed by atoms with van der Waals surface area (Å²) in [7, 11) is 1.86. The molecule has 2 amide bonds. The zero-order valence-electron chi connectivity index (χ0n) is 16.9. The van der Waals surface area contributed by atoms with Crippen LogP contribution in [0, 0.1) is 0 Å². The lowest BCUT2D eigenvalue weighted by Gasteiger charge is -2.09. The molecule has 1 aromatic heterocycles. The van der Waals surface area contributed by atoms with E-state index < -0.39 is 12.1 Å². The Bertz CT molecular complexity index is 1100. The number of hydrogen-bond donors (Lipinski definition) is 3. The fourth-order valence-corrected chi connectivity index (χ4v) is 2.77. The molecule has 10 heteroatoms. The van der Waals surface area contributed by atoms with Crippen LogP contribution in [0.25, 0.3) is 0 Å². The summed E-state index contributed by atoms with van der Waals surface area (Å²) in [6, 6.07) is 16.9. The molecule has 0 spiro atoms. The number of rotatable bonds is 7. The molecule has 4 N–H and O–H groups in total. The van der Waals surface area contributed by atoms with Crippen molar-refractivity contribution in [2.24, 2.45) is 0 Å². The van der Waals surface area contributed by atoms with E-state index in [1.807, 2.05) is 9.47 Å². The highest BCUT2D eigenvalue weighted by Gasteiger charge is 2.10. The number of anilines is 2. The van der Waals surface area contributed by atoms with Crippen molar-refractivity contribution in [2.75, 3.05) is 11.1 Å². The molecule has 1 atom stereocenters. The van der Waals surface area contributed by atoms with E-state index >= 15 is 0 Å². The van der Waals surface area contributed by atoms with E-state index in [1.165, 1.54) is 12.3 Å². The minimum atomic E-state index is -0.611. The van der Waals surface area contributed by atoms with Crippen molar-refractivity contribution in [3.05, 3.63) is 89.2 Å². The van der Waals surface area contributed by atoms with Crippen LogP contribution in [0.4, 0.5) is 16.2 Å². The number of nitrogens with two attached hydrogens (primary N) is 1. The second-order valence-corrected chi connectivity index (χ2v) is 6.86. The normalized spacial score (nSPS) is 10.2. The summed E-state index contributed by atoms with van der Waals surface area (Å²) >= 11 is 0. The van der Waals surface area contributed by atoms with Crippen LogP contribution in [-0.2, 0) is 22.4 Å². The van der Waals surface area contributed by atoms with Crippen molar-refractivity contribution in [1.29, 1.82) is 0 Å². The quantitative estimate of drug-likeness (QED) is 0.370. The van der Waals surface area contributed by atoms with E-state index in [1.54, 1.807) is 54.6 Å². The molecule has 1 heterocycles. The van der Waals surface area contributed by atoms with Crippen molar-refractivity contribution in [2.45, 2.75) is 13.2 Å². The number of nitrogens with one attached hydrogen (secondary N) is 2. The van der Waals surface area contributed by atoms with Gasteiger partial charge in [0, 0.05) is 23.9 Å². The van der Waals surface area contributed by atoms with E-state index in [9.17, 15) is 14.4 Å². The number of pyridine rings is 1. The smallest absolute Gasteiger partial charge is 0.407 e. The summed E-state index contributed by atoms with van der Waals surface area (Å²) in [5.74, 6) is -0.861. The highest BCUT2D eigenvalue weighted by Crippen LogP contribution is 2.18. The van der Waals surface area contributed by atoms with Crippen molar-refractivity contribution < 1.29 is 23.6 Å². The first-order chi connectivity index (χ1) is 15.5. The lowest BCUT2D eigenvalue weighted by molar-refractivity contribution is 0.0759. The molecule has 0 aliphatic carbocycles. The van der Waals surface area contributed by atoms with Gasteiger partial charge < -0.3 is 25.6 Å². The molecule has 3 rings (SSSR count). The Morgan fingerprint density at radius 2 is 1.69 bits per heavy atom. The Kier molecular flexibility index (Phi) is 7.72. The van der Waals surface area contributed by atoms with Crippen LogP contribution < -0.4 is 16.4 Å². The van der Waals surface area contributed by atoms with Crippen molar-refractivity contribution in [3.63, 3.8) is 0 Å². The number of carbonyl (C=O) groups is 3. The van der Waals surface area contributed by atoms with Gasteiger partial charge in [0.1, 0.15) is 12.3 Å². The van der Waals surface area contributed by atoms with Gasteiger partial charge in [0.05, 0.1) is 20.8 Å². The van der Waals surface area contributed by atoms with Gasteiger partial charge in [0.25, 0.3) is 5.91 Å². The molecule has 0 radical (unpaired) electrons. The Labute approximate surface area is 186 Å². The zero-order valence-corrected chi connectivity index (χ0v) is 18.1. The van der Waals surface area contributed by atoms with E-state index in [4.69, 9.17) is 10.5 Å². The zero-order chi connectivity index (χ0) is 22.9. The number of nitrogens with zero attached hydrogens (tertiary/aromatic N) is 1. The number of amides is 2. The molecular weight excluding hydrogens is 431 g/mol. The van der Waals surface area contributed by atoms with E-state index in [2.05, 4.69) is 20.1 Å². The standard InChI is InChI=1S/C22H21N4O5P/c23-17-3-1-2-4-18(17)26-20(27)16-8-5-14(6-9-16)11-25-22(29)30-13-15-7-10-19(24-12-15)21(28)31-32/h1-10,12H,11,13,23,32H2,(H,25,29)(H,26,27). The third-order valence-electron chi connectivity index (χ3n) is 4.37. The summed E-state index contributed by atoms with van der Waals surface area (Å²) in [6.07, 6.45) is 0.816. The molecule has 3 aromatic rings. The monoisotopic (exact) mass is 452 g/mol. The predicted molar refractivity (Wildman–Crippen MR) is 122 cm³/mol. The number of aromatic nitrogens is 1. The van der Waals surface area contributed by atoms with E-state index in [0.717, 1.165) is 5.56 Å². The first kappa shape index (κ1) is 22.7. The van der Waals surface area contributed by atoms with Crippen LogP contribution in [0.15, 0.2) is 66.9 Å². The minimum Gasteiger partial charge on any atom is -0.447 e. The SMILES string of the molecule is Nc1ccccc1NC(=O)c1ccc(CNC(=O)OCc2ccc(C(=O)OP)nc2)cc1. The number of hydrogen-bond acceptors (Lipinski definition) is 7. The van der Waals surface area contributed by atoms with E-state index in [-0.39, 0.29) is 24.8 Å². The Hall–Kier alpha value is -3.97. The Morgan fingerprint density at radius 3 is 2.34 bits per heavy atom. The van der Waals surface area contributed by atoms with Crippen LogP contribution in [-0.4, -0.2) is 23.0 Å². The van der Waals surface area contributed by atoms with Gasteiger partial charge in [-0.1, -0.05) is 30.3 Å². The van der Waals surface area contributed by atoms with Crippen LogP contribution in [0.3, 0.4) is 0 Å². The fraction of sp³-hybridized carbons (Fsp3) is 0.0909. The van der Waals surface area contributed by atoms with Gasteiger partial charge in [-0.3, -0.25) is 4.79 Å². The minimum absolute atomic E-state index is 0.00321. The van der Waals surface area contributed by atoms with Gasteiger partial charge >= 0.3 is 12.1 Å². The molecular formula is C22H21N4O5P. The number of nitrogen functional groups attached to an aromatic ring is 1. The van der Waals surface area contributed by atoms with Gasteiger partial charge in [-0.05, 0) is 35.9 Å². The summed E-state index contributed by atoms with van der Waals surface area (Å²) in [4.78, 5) is 39.5. The number of alkyl carbamates (subject to hydrolysis) is 1. The first-order valence-electron chi connectivity index (χ1n) is 9.47. The van der Waals surface area contributed by atoms with Gasteiger partial charge in [-0.2, -0.15) is 0 Å². The lowest BCUT2D eigenvalue weighted by Crippen LogP contribution is -2.23. The van der Waals surface area contributed by atoms with Crippen LogP contribution >= 0.6 is 9.47 Å². The largest absolute Gasteiger partial charge is 0.447 e. The molecule has 1 unspecified atom stereocenters. The topological polar surface area (TPSA) is 133 Å². The van der Waals surface area contributed by atoms with Crippen LogP contribution in [0.2, 0.25) is 0 Å². The molecule has 0 saturated carbocycles. The number of ether oxygens (including phenoxy) is 1. The second kappa shape index (κ2) is 10.9. The van der Waals surface area contributed by atoms with Gasteiger partial charge in [-0.25, -0.2) is 14.6 Å². The highest BCUT2D eigenvalue weighted by molar-refractivity contribution is 7.10. The molecule has 32 heavy (non-hydrogen) atoms. The molecule has 0 saturated heterocycles. The van der Waals surface area contributed by atoms with E-state index in [0.29, 0.717) is 22.5 Å². The number of para-hydroxylation sites is 2. The highest BCUT2D eigenvalue weighted by atomic mass is 31.0. The Morgan fingerprint density at radius 1 is 0.969 bits per heavy atom. The third-order valence-corrected chi connectivity index (χ3v) is 4.59. The first-order valence-corrected chi connectivity index (χ1v) is 9.95. The van der Waals surface area contributed by atoms with Gasteiger partial charge in [-0.15, -0.1) is 0 Å². The molecule has 0 bridgehead atoms. The molecule has 2 aromatic carbocycles. The molecule has 0 fully saturated rings. The van der Waals surface area contributed by atoms with Crippen molar-refractivity contribution >= 4 is 38.8 Å². The van der Waals surface area contributed by atoms with Crippen molar-refractivity contribution in [1.82, 2.24) is 10.3 Å². The maximum Gasteiger partial charge on any atom is 0.407 e. The van der Waals surface area contributed by atoms with Gasteiger partial charge in [0.15, 0.2) is 0 Å². The number of carbonyl (C=O) groups excluding carboxylic acids is 3. The van der Waals surface area contributed by atoms with Crippen molar-refractivity contribution in [3.8, 4) is 0 Å². The van der Waals surface area contributed by atoms with Crippen LogP contribution in [0.5, 0.6) is 0 Å². The third kappa shape index (κ3) is 6.26. The summed E-state index contributed by atoms with van der Waals surface area (Å²) in [5.41, 5.74) is 8.88. The predicted octanol–water partition coefficient (Wildman–Crippen LogP) is 3.29. The average Bonchev–Trinajstić information content (AvgIpc) is 2.83. The van der Waals surface area contributed by atoms with Gasteiger partial charge in [0.2, 0.25) is 0 Å². The summed E-state index contributed by atoms with van der Waals surface area (Å²) in [6.45, 7) is 0.223. The second-order valence-electron chi connectivity index (χ2n) is 6.62. The molecule has 0 aliphatic rings. The maximum absolute atomic E-state index is 12.4. The molecule has 0 aliphatic heterocycles.